The van der Waals surface area contributed by atoms with Crippen molar-refractivity contribution in [1.29, 1.82) is 0 Å². The van der Waals surface area contributed by atoms with Gasteiger partial charge in [-0.15, -0.1) is 0 Å². The normalized spacial score (nSPS) is 13.6. The molecule has 0 bridgehead atoms. The van der Waals surface area contributed by atoms with E-state index in [1.54, 1.807) is 6.08 Å². The monoisotopic (exact) mass is 170 g/mol. The van der Waals surface area contributed by atoms with Gasteiger partial charge in [0.25, 0.3) is 4.59 Å². The van der Waals surface area contributed by atoms with Crippen LogP contribution in [-0.2, 0) is 0 Å². The van der Waals surface area contributed by atoms with Crippen LogP contribution < -0.4 is 0 Å². The van der Waals surface area contributed by atoms with Gasteiger partial charge in [0.1, 0.15) is 0 Å². The third-order valence-electron chi connectivity index (χ3n) is 0.670. The summed E-state index contributed by atoms with van der Waals surface area (Å²) in [7, 11) is 0. The third-order valence-corrected chi connectivity index (χ3v) is 0.922. The molecule has 0 aliphatic rings. The summed E-state index contributed by atoms with van der Waals surface area (Å²) in [5.74, 6) is 0.276. The second-order valence-corrected chi connectivity index (χ2v) is 3.44. The molecule has 0 heterocycles. The summed E-state index contributed by atoms with van der Waals surface area (Å²) in [6.45, 7) is 3.83. The van der Waals surface area contributed by atoms with Gasteiger partial charge in [-0.1, -0.05) is 43.1 Å². The zero-order valence-electron chi connectivity index (χ0n) is 5.37. The molecule has 0 aromatic heterocycles. The van der Waals surface area contributed by atoms with Gasteiger partial charge in [-0.3, -0.25) is 0 Å². The van der Waals surface area contributed by atoms with E-state index in [2.05, 4.69) is 0 Å². The van der Waals surface area contributed by atoms with Crippen LogP contribution in [-0.4, -0.2) is 4.59 Å². The van der Waals surface area contributed by atoms with Crippen molar-refractivity contribution in [1.82, 2.24) is 0 Å². The highest BCUT2D eigenvalue weighted by molar-refractivity contribution is 6.48. The van der Waals surface area contributed by atoms with Crippen molar-refractivity contribution >= 4 is 23.2 Å². The van der Waals surface area contributed by atoms with E-state index < -0.39 is 4.59 Å². The first-order chi connectivity index (χ1) is 3.92. The molecule has 0 nitrogen and oxygen atoms in total. The Balaban J connectivity index is 3.71. The molecule has 0 atom stereocenters. The van der Waals surface area contributed by atoms with E-state index in [9.17, 15) is 4.39 Å². The van der Waals surface area contributed by atoms with Crippen LogP contribution in [0.1, 0.15) is 13.8 Å². The molecule has 0 aliphatic carbocycles. The van der Waals surface area contributed by atoms with E-state index in [0.29, 0.717) is 0 Å². The lowest BCUT2D eigenvalue weighted by atomic mass is 10.2. The molecule has 0 N–H and O–H groups in total. The lowest BCUT2D eigenvalue weighted by Crippen LogP contribution is -1.97. The van der Waals surface area contributed by atoms with Crippen LogP contribution in [0.4, 0.5) is 4.39 Å². The zero-order valence-corrected chi connectivity index (χ0v) is 6.88. The zero-order chi connectivity index (χ0) is 7.49. The maximum absolute atomic E-state index is 12.2. The largest absolute Gasteiger partial charge is 0.276 e. The molecule has 0 aromatic carbocycles. The molecule has 0 unspecified atom stereocenters. The molecule has 0 saturated carbocycles. The first-order valence-corrected chi connectivity index (χ1v) is 3.43. The van der Waals surface area contributed by atoms with Crippen LogP contribution >= 0.6 is 23.2 Å². The summed E-state index contributed by atoms with van der Waals surface area (Å²) >= 11 is 9.98. The highest BCUT2D eigenvalue weighted by Crippen LogP contribution is 2.24. The van der Waals surface area contributed by atoms with Gasteiger partial charge in [0, 0.05) is 0 Å². The van der Waals surface area contributed by atoms with Crippen LogP contribution in [0.2, 0.25) is 0 Å². The second-order valence-electron chi connectivity index (χ2n) is 2.14. The molecule has 3 heteroatoms. The van der Waals surface area contributed by atoms with Crippen LogP contribution in [0, 0.1) is 5.92 Å². The second kappa shape index (κ2) is 3.43. The Hall–Kier alpha value is 0.250. The summed E-state index contributed by atoms with van der Waals surface area (Å²) in [6, 6.07) is 0. The quantitative estimate of drug-likeness (QED) is 0.441. The van der Waals surface area contributed by atoms with Gasteiger partial charge >= 0.3 is 0 Å². The van der Waals surface area contributed by atoms with Crippen molar-refractivity contribution in [3.63, 3.8) is 0 Å². The highest BCUT2D eigenvalue weighted by Gasteiger charge is 2.15. The van der Waals surface area contributed by atoms with Crippen LogP contribution in [0.5, 0.6) is 0 Å². The Labute approximate surface area is 64.6 Å². The Morgan fingerprint density at radius 1 is 1.44 bits per heavy atom. The fourth-order valence-electron chi connectivity index (χ4n) is 0.302. The minimum absolute atomic E-state index is 0.276. The van der Waals surface area contributed by atoms with Crippen molar-refractivity contribution in [3.05, 3.63) is 12.2 Å². The summed E-state index contributed by atoms with van der Waals surface area (Å²) in [5.41, 5.74) is 0. The van der Waals surface area contributed by atoms with Crippen molar-refractivity contribution in [3.8, 4) is 0 Å². The van der Waals surface area contributed by atoms with E-state index in [0.717, 1.165) is 6.08 Å². The summed E-state index contributed by atoms with van der Waals surface area (Å²) < 4.78 is 9.99. The molecule has 0 spiro atoms. The van der Waals surface area contributed by atoms with Crippen molar-refractivity contribution in [2.24, 2.45) is 5.92 Å². The van der Waals surface area contributed by atoms with Gasteiger partial charge in [-0.2, -0.15) is 0 Å². The van der Waals surface area contributed by atoms with E-state index in [1.807, 2.05) is 13.8 Å². The summed E-state index contributed by atoms with van der Waals surface area (Å²) in [6.07, 6.45) is 2.74. The minimum atomic E-state index is -2.20. The lowest BCUT2D eigenvalue weighted by Gasteiger charge is -2.01. The SMILES string of the molecule is CC(C)/C=C/C(F)(Cl)Cl. The predicted octanol–water partition coefficient (Wildman–Crippen LogP) is 3.30. The minimum Gasteiger partial charge on any atom is -0.203 e. The molecular formula is C6H9Cl2F. The fourth-order valence-corrected chi connectivity index (χ4v) is 0.447. The van der Waals surface area contributed by atoms with Gasteiger partial charge in [0.2, 0.25) is 0 Å². The molecule has 0 aromatic rings. The lowest BCUT2D eigenvalue weighted by molar-refractivity contribution is 0.461. The molecule has 0 radical (unpaired) electrons. The van der Waals surface area contributed by atoms with Crippen LogP contribution in [0.15, 0.2) is 12.2 Å². The van der Waals surface area contributed by atoms with Gasteiger partial charge in [0.05, 0.1) is 0 Å². The summed E-state index contributed by atoms with van der Waals surface area (Å²) in [5, 5.41) is 0. The number of alkyl halides is 3. The predicted molar refractivity (Wildman–Crippen MR) is 39.5 cm³/mol. The van der Waals surface area contributed by atoms with Crippen molar-refractivity contribution < 1.29 is 4.39 Å². The van der Waals surface area contributed by atoms with E-state index in [1.165, 1.54) is 0 Å². The molecular weight excluding hydrogens is 162 g/mol. The van der Waals surface area contributed by atoms with Crippen molar-refractivity contribution in [2.75, 3.05) is 0 Å². The molecule has 0 amide bonds. The smallest absolute Gasteiger partial charge is 0.203 e. The third kappa shape index (κ3) is 8.25. The maximum Gasteiger partial charge on any atom is 0.276 e. The molecule has 0 rings (SSSR count). The van der Waals surface area contributed by atoms with Crippen LogP contribution in [0.25, 0.3) is 0 Å². The van der Waals surface area contributed by atoms with E-state index >= 15 is 0 Å². The fraction of sp³-hybridized carbons (Fsp3) is 0.667. The van der Waals surface area contributed by atoms with Gasteiger partial charge < -0.3 is 0 Å². The first-order valence-electron chi connectivity index (χ1n) is 2.68. The van der Waals surface area contributed by atoms with Crippen molar-refractivity contribution in [2.45, 2.75) is 18.4 Å². The molecule has 9 heavy (non-hydrogen) atoms. The van der Waals surface area contributed by atoms with Gasteiger partial charge in [-0.05, 0) is 12.0 Å². The van der Waals surface area contributed by atoms with Crippen LogP contribution in [0.3, 0.4) is 0 Å². The number of allylic oxidation sites excluding steroid dienone is 2. The number of rotatable bonds is 2. The average Bonchev–Trinajstić information content (AvgIpc) is 1.59. The Morgan fingerprint density at radius 2 is 1.89 bits per heavy atom. The molecule has 54 valence electrons. The Bertz CT molecular complexity index is 102. The first kappa shape index (κ1) is 9.25. The topological polar surface area (TPSA) is 0 Å². The highest BCUT2D eigenvalue weighted by atomic mass is 35.5. The Morgan fingerprint density at radius 3 is 2.00 bits per heavy atom. The van der Waals surface area contributed by atoms with E-state index in [-0.39, 0.29) is 5.92 Å². The molecule has 0 aliphatic heterocycles. The summed E-state index contributed by atoms with van der Waals surface area (Å²) in [4.78, 5) is 0. The standard InChI is InChI=1S/C6H9Cl2F/c1-5(2)3-4-6(7,8)9/h3-5H,1-2H3/b4-3+. The molecule has 0 fully saturated rings. The average molecular weight is 171 g/mol. The van der Waals surface area contributed by atoms with Gasteiger partial charge in [-0.25, -0.2) is 4.39 Å². The van der Waals surface area contributed by atoms with Gasteiger partial charge in [0.15, 0.2) is 0 Å². The number of halogens is 3. The van der Waals surface area contributed by atoms with E-state index in [4.69, 9.17) is 23.2 Å². The molecule has 0 saturated heterocycles. The number of hydrogen-bond donors (Lipinski definition) is 0. The Kier molecular flexibility index (Phi) is 3.52. The maximum atomic E-state index is 12.2. The number of hydrogen-bond acceptors (Lipinski definition) is 0.